The molecule has 0 aliphatic heterocycles. The summed E-state index contributed by atoms with van der Waals surface area (Å²) in [6, 6.07) is 16.1. The highest BCUT2D eigenvalue weighted by Gasteiger charge is 2.07. The van der Waals surface area contributed by atoms with E-state index in [2.05, 4.69) is 28.6 Å². The monoisotopic (exact) mass is 354 g/mol. The van der Waals surface area contributed by atoms with Crippen LogP contribution in [0, 0.1) is 12.8 Å². The van der Waals surface area contributed by atoms with Crippen molar-refractivity contribution in [3.05, 3.63) is 82.9 Å². The van der Waals surface area contributed by atoms with Gasteiger partial charge < -0.3 is 9.30 Å². The van der Waals surface area contributed by atoms with E-state index in [4.69, 9.17) is 16.3 Å². The van der Waals surface area contributed by atoms with E-state index in [0.717, 1.165) is 35.1 Å². The summed E-state index contributed by atoms with van der Waals surface area (Å²) in [6.45, 7) is 5.84. The third kappa shape index (κ3) is 5.10. The molecule has 130 valence electrons. The molecule has 0 spiro atoms. The van der Waals surface area contributed by atoms with Crippen LogP contribution in [0.3, 0.4) is 0 Å². The summed E-state index contributed by atoms with van der Waals surface area (Å²) in [7, 11) is 0. The van der Waals surface area contributed by atoms with E-state index in [0.29, 0.717) is 12.5 Å². The zero-order chi connectivity index (χ0) is 17.6. The van der Waals surface area contributed by atoms with Gasteiger partial charge in [-0.3, -0.25) is 0 Å². The van der Waals surface area contributed by atoms with Crippen molar-refractivity contribution in [1.29, 1.82) is 0 Å². The van der Waals surface area contributed by atoms with Crippen LogP contribution < -0.4 is 4.74 Å². The molecule has 0 saturated heterocycles. The summed E-state index contributed by atoms with van der Waals surface area (Å²) in [4.78, 5) is 4.28. The number of rotatable bonds is 7. The number of aromatic nitrogens is 2. The minimum absolute atomic E-state index is 0.548. The summed E-state index contributed by atoms with van der Waals surface area (Å²) in [5.41, 5.74) is 2.43. The van der Waals surface area contributed by atoms with Crippen molar-refractivity contribution in [2.75, 3.05) is 0 Å². The maximum atomic E-state index is 5.90. The van der Waals surface area contributed by atoms with E-state index < -0.39 is 0 Å². The van der Waals surface area contributed by atoms with Gasteiger partial charge in [0.2, 0.25) is 0 Å². The normalized spacial score (nSPS) is 12.1. The second-order valence-electron chi connectivity index (χ2n) is 6.50. The number of benzene rings is 2. The van der Waals surface area contributed by atoms with Crippen LogP contribution in [0.4, 0.5) is 0 Å². The summed E-state index contributed by atoms with van der Waals surface area (Å²) < 4.78 is 8.04. The van der Waals surface area contributed by atoms with Gasteiger partial charge >= 0.3 is 0 Å². The van der Waals surface area contributed by atoms with Crippen LogP contribution >= 0.6 is 11.6 Å². The molecule has 0 N–H and O–H groups in total. The van der Waals surface area contributed by atoms with Crippen molar-refractivity contribution >= 4 is 11.6 Å². The number of nitrogens with zero attached hydrogens (tertiary/aromatic N) is 2. The lowest BCUT2D eigenvalue weighted by atomic mass is 10.0. The van der Waals surface area contributed by atoms with Gasteiger partial charge in [0.05, 0.1) is 0 Å². The fourth-order valence-corrected chi connectivity index (χ4v) is 2.99. The van der Waals surface area contributed by atoms with Crippen LogP contribution in [0.25, 0.3) is 0 Å². The van der Waals surface area contributed by atoms with Crippen LogP contribution in [-0.4, -0.2) is 9.55 Å². The first-order valence-electron chi connectivity index (χ1n) is 8.54. The summed E-state index contributed by atoms with van der Waals surface area (Å²) in [5.74, 6) is 2.50. The minimum atomic E-state index is 0.548. The molecular formula is C21H23ClN2O. The second-order valence-corrected chi connectivity index (χ2v) is 6.93. The molecule has 1 heterocycles. The third-order valence-corrected chi connectivity index (χ3v) is 4.51. The smallest absolute Gasteiger partial charge is 0.119 e. The SMILES string of the molecule is Cc1nccn1CC(C)Cc1ccc(OCc2ccc(Cl)cc2)cc1. The maximum Gasteiger partial charge on any atom is 0.119 e. The Morgan fingerprint density at radius 2 is 1.72 bits per heavy atom. The third-order valence-electron chi connectivity index (χ3n) is 4.26. The number of hydrogen-bond acceptors (Lipinski definition) is 2. The predicted octanol–water partition coefficient (Wildman–Crippen LogP) is 5.30. The Morgan fingerprint density at radius 1 is 1.04 bits per heavy atom. The number of hydrogen-bond donors (Lipinski definition) is 0. The molecule has 0 aliphatic carbocycles. The predicted molar refractivity (Wildman–Crippen MR) is 102 cm³/mol. The molecule has 0 saturated carbocycles. The van der Waals surface area contributed by atoms with Crippen LogP contribution in [-0.2, 0) is 19.6 Å². The molecule has 0 amide bonds. The molecule has 3 aromatic rings. The molecule has 3 rings (SSSR count). The molecule has 0 radical (unpaired) electrons. The van der Waals surface area contributed by atoms with Crippen LogP contribution in [0.1, 0.15) is 23.9 Å². The van der Waals surface area contributed by atoms with Gasteiger partial charge in [0, 0.05) is 24.0 Å². The number of halogens is 1. The molecule has 1 unspecified atom stereocenters. The van der Waals surface area contributed by atoms with Gasteiger partial charge in [-0.25, -0.2) is 4.98 Å². The largest absolute Gasteiger partial charge is 0.489 e. The molecule has 0 aliphatic rings. The molecule has 0 fully saturated rings. The lowest BCUT2D eigenvalue weighted by Crippen LogP contribution is -2.10. The molecule has 3 nitrogen and oxygen atoms in total. The number of aryl methyl sites for hydroxylation is 1. The minimum Gasteiger partial charge on any atom is -0.489 e. The van der Waals surface area contributed by atoms with E-state index in [1.54, 1.807) is 0 Å². The topological polar surface area (TPSA) is 27.1 Å². The fraction of sp³-hybridized carbons (Fsp3) is 0.286. The molecule has 2 aromatic carbocycles. The standard InChI is InChI=1S/C21H23ClN2O/c1-16(14-24-12-11-23-17(24)2)13-18-5-9-21(10-6-18)25-15-19-3-7-20(22)8-4-19/h3-12,16H,13-15H2,1-2H3. The Labute approximate surface area is 154 Å². The van der Waals surface area contributed by atoms with Crippen molar-refractivity contribution in [2.45, 2.75) is 33.4 Å². The van der Waals surface area contributed by atoms with E-state index in [1.807, 2.05) is 55.7 Å². The molecule has 4 heteroatoms. The highest BCUT2D eigenvalue weighted by Crippen LogP contribution is 2.18. The molecule has 1 aromatic heterocycles. The highest BCUT2D eigenvalue weighted by atomic mass is 35.5. The fourth-order valence-electron chi connectivity index (χ4n) is 2.87. The molecule has 25 heavy (non-hydrogen) atoms. The summed E-state index contributed by atoms with van der Waals surface area (Å²) >= 11 is 5.90. The second kappa shape index (κ2) is 8.21. The first kappa shape index (κ1) is 17.6. The van der Waals surface area contributed by atoms with E-state index in [9.17, 15) is 0 Å². The van der Waals surface area contributed by atoms with Crippen LogP contribution in [0.2, 0.25) is 5.02 Å². The lowest BCUT2D eigenvalue weighted by molar-refractivity contribution is 0.306. The Hall–Kier alpha value is -2.26. The zero-order valence-electron chi connectivity index (χ0n) is 14.7. The highest BCUT2D eigenvalue weighted by molar-refractivity contribution is 6.30. The van der Waals surface area contributed by atoms with Crippen molar-refractivity contribution in [2.24, 2.45) is 5.92 Å². The average molecular weight is 355 g/mol. The van der Waals surface area contributed by atoms with Gasteiger partial charge in [0.25, 0.3) is 0 Å². The molecule has 1 atom stereocenters. The van der Waals surface area contributed by atoms with Gasteiger partial charge in [-0.1, -0.05) is 42.8 Å². The van der Waals surface area contributed by atoms with Gasteiger partial charge in [-0.15, -0.1) is 0 Å². The summed E-state index contributed by atoms with van der Waals surface area (Å²) in [5, 5.41) is 0.744. The Bertz CT molecular complexity index is 794. The lowest BCUT2D eigenvalue weighted by Gasteiger charge is -2.14. The van der Waals surface area contributed by atoms with E-state index >= 15 is 0 Å². The van der Waals surface area contributed by atoms with Crippen LogP contribution in [0.15, 0.2) is 60.9 Å². The molecular weight excluding hydrogens is 332 g/mol. The van der Waals surface area contributed by atoms with Gasteiger partial charge in [0.1, 0.15) is 18.2 Å². The van der Waals surface area contributed by atoms with E-state index in [1.165, 1.54) is 5.56 Å². The first-order valence-corrected chi connectivity index (χ1v) is 8.92. The Balaban J connectivity index is 1.51. The van der Waals surface area contributed by atoms with Crippen molar-refractivity contribution in [3.8, 4) is 5.75 Å². The van der Waals surface area contributed by atoms with Gasteiger partial charge in [0.15, 0.2) is 0 Å². The average Bonchev–Trinajstić information content (AvgIpc) is 3.00. The van der Waals surface area contributed by atoms with Crippen molar-refractivity contribution in [3.63, 3.8) is 0 Å². The quantitative estimate of drug-likeness (QED) is 0.575. The number of ether oxygens (including phenoxy) is 1. The van der Waals surface area contributed by atoms with Crippen LogP contribution in [0.5, 0.6) is 5.75 Å². The van der Waals surface area contributed by atoms with Gasteiger partial charge in [-0.2, -0.15) is 0 Å². The first-order chi connectivity index (χ1) is 12.1. The van der Waals surface area contributed by atoms with E-state index in [-0.39, 0.29) is 0 Å². The summed E-state index contributed by atoms with van der Waals surface area (Å²) in [6.07, 6.45) is 4.93. The maximum absolute atomic E-state index is 5.90. The zero-order valence-corrected chi connectivity index (χ0v) is 15.4. The Kier molecular flexibility index (Phi) is 5.77. The van der Waals surface area contributed by atoms with Crippen molar-refractivity contribution in [1.82, 2.24) is 9.55 Å². The number of imidazole rings is 1. The van der Waals surface area contributed by atoms with Gasteiger partial charge in [-0.05, 0) is 54.7 Å². The van der Waals surface area contributed by atoms with Crippen molar-refractivity contribution < 1.29 is 4.74 Å². The Morgan fingerprint density at radius 3 is 2.36 bits per heavy atom. The molecule has 0 bridgehead atoms.